The summed E-state index contributed by atoms with van der Waals surface area (Å²) in [6.07, 6.45) is 2.83. The van der Waals surface area contributed by atoms with Crippen LogP contribution in [-0.2, 0) is 33.9 Å². The van der Waals surface area contributed by atoms with E-state index in [1.54, 1.807) is 34.6 Å². The lowest BCUT2D eigenvalue weighted by Gasteiger charge is -2.30. The molecule has 0 aromatic carbocycles. The number of amides is 4. The summed E-state index contributed by atoms with van der Waals surface area (Å²) in [7, 11) is -3.80. The Labute approximate surface area is 236 Å². The monoisotopic (exact) mass is 582 g/mol. The molecule has 4 amide bonds. The molecule has 2 aliphatic carbocycles. The van der Waals surface area contributed by atoms with Crippen molar-refractivity contribution < 1.29 is 37.1 Å². The van der Waals surface area contributed by atoms with Crippen LogP contribution in [-0.4, -0.2) is 77.9 Å². The van der Waals surface area contributed by atoms with Gasteiger partial charge in [0.25, 0.3) is 5.91 Å². The van der Waals surface area contributed by atoms with Crippen LogP contribution in [0.15, 0.2) is 11.6 Å². The van der Waals surface area contributed by atoms with Gasteiger partial charge in [0.1, 0.15) is 23.2 Å². The van der Waals surface area contributed by atoms with Gasteiger partial charge in [0.2, 0.25) is 21.8 Å². The van der Waals surface area contributed by atoms with Crippen LogP contribution in [0.1, 0.15) is 86.5 Å². The second-order valence-corrected chi connectivity index (χ2v) is 14.2. The van der Waals surface area contributed by atoms with Gasteiger partial charge in [-0.25, -0.2) is 13.2 Å². The van der Waals surface area contributed by atoms with Gasteiger partial charge < -0.3 is 20.3 Å². The molecule has 224 valence electrons. The highest BCUT2D eigenvalue weighted by molar-refractivity contribution is 7.91. The molecule has 13 heteroatoms. The highest BCUT2D eigenvalue weighted by Crippen LogP contribution is 2.46. The topological polar surface area (TPSA) is 168 Å². The van der Waals surface area contributed by atoms with Crippen LogP contribution in [0.4, 0.5) is 4.79 Å². The lowest BCUT2D eigenvalue weighted by atomic mass is 10.1. The van der Waals surface area contributed by atoms with E-state index in [1.165, 1.54) is 11.0 Å². The first-order chi connectivity index (χ1) is 18.5. The third kappa shape index (κ3) is 7.82. The van der Waals surface area contributed by atoms with Crippen molar-refractivity contribution in [1.29, 1.82) is 0 Å². The van der Waals surface area contributed by atoms with E-state index in [0.29, 0.717) is 38.5 Å². The van der Waals surface area contributed by atoms with Crippen LogP contribution in [0.2, 0.25) is 0 Å². The van der Waals surface area contributed by atoms with Crippen molar-refractivity contribution in [3.63, 3.8) is 0 Å². The standard InChI is InChI=1S/C27H42N4O8S/c1-7-17-15-27(17,24(35)30-40(37,38)19-10-11-19)29-22(33)21-9-8-12-31(21)23(34)20(14-18(32)13-16(2)3)28-25(36)39-26(4,5)6/h13,17,19-21H,7-12,14-15H2,1-6H3,(H,28,36)(H,29,33)(H,30,35)/t17-,20+,21+,27-/m1/s1. The third-order valence-electron chi connectivity index (χ3n) is 7.23. The second kappa shape index (κ2) is 11.9. The first-order valence-electron chi connectivity index (χ1n) is 13.8. The Kier molecular flexibility index (Phi) is 9.37. The molecule has 40 heavy (non-hydrogen) atoms. The molecule has 0 radical (unpaired) electrons. The van der Waals surface area contributed by atoms with Crippen molar-refractivity contribution in [2.24, 2.45) is 5.92 Å². The van der Waals surface area contributed by atoms with E-state index >= 15 is 0 Å². The zero-order chi connectivity index (χ0) is 30.0. The van der Waals surface area contributed by atoms with Crippen LogP contribution >= 0.6 is 0 Å². The van der Waals surface area contributed by atoms with Crippen molar-refractivity contribution in [1.82, 2.24) is 20.3 Å². The molecule has 0 spiro atoms. The van der Waals surface area contributed by atoms with Crippen LogP contribution in [0.3, 0.4) is 0 Å². The average molecular weight is 583 g/mol. The van der Waals surface area contributed by atoms with Crippen molar-refractivity contribution in [3.8, 4) is 0 Å². The molecular weight excluding hydrogens is 540 g/mol. The maximum Gasteiger partial charge on any atom is 0.408 e. The molecule has 4 atom stereocenters. The Morgan fingerprint density at radius 3 is 2.27 bits per heavy atom. The van der Waals surface area contributed by atoms with E-state index in [-0.39, 0.29) is 24.7 Å². The Morgan fingerprint density at radius 1 is 1.10 bits per heavy atom. The Bertz CT molecular complexity index is 1180. The lowest BCUT2D eigenvalue weighted by Crippen LogP contribution is -2.58. The fourth-order valence-corrected chi connectivity index (χ4v) is 6.39. The molecule has 3 N–H and O–H groups in total. The molecule has 2 saturated carbocycles. The van der Waals surface area contributed by atoms with Gasteiger partial charge in [-0.05, 0) is 78.7 Å². The summed E-state index contributed by atoms with van der Waals surface area (Å²) in [5.74, 6) is -2.55. The molecule has 0 unspecified atom stereocenters. The number of ether oxygens (including phenoxy) is 1. The number of carbonyl (C=O) groups is 5. The van der Waals surface area contributed by atoms with E-state index in [2.05, 4.69) is 15.4 Å². The number of carbonyl (C=O) groups excluding carboxylic acids is 5. The molecule has 0 bridgehead atoms. The fourth-order valence-electron chi connectivity index (χ4n) is 5.03. The molecule has 3 aliphatic rings. The van der Waals surface area contributed by atoms with Crippen LogP contribution in [0.5, 0.6) is 0 Å². The SMILES string of the molecule is CC[C@@H]1C[C@]1(NC(=O)[C@@H]1CCCN1C(=O)[C@H](CC(=O)C=C(C)C)NC(=O)OC(C)(C)C)C(=O)NS(=O)(=O)C1CC1. The quantitative estimate of drug-likeness (QED) is 0.309. The number of ketones is 1. The maximum atomic E-state index is 13.6. The summed E-state index contributed by atoms with van der Waals surface area (Å²) < 4.78 is 32.2. The third-order valence-corrected chi connectivity index (χ3v) is 9.05. The van der Waals surface area contributed by atoms with Gasteiger partial charge in [-0.15, -0.1) is 0 Å². The Morgan fingerprint density at radius 2 is 1.75 bits per heavy atom. The number of alkyl carbamates (subject to hydrolysis) is 1. The molecule has 3 rings (SSSR count). The van der Waals surface area contributed by atoms with Gasteiger partial charge in [0, 0.05) is 13.0 Å². The second-order valence-electron chi connectivity index (χ2n) is 12.2. The lowest BCUT2D eigenvalue weighted by molar-refractivity contribution is -0.141. The fraction of sp³-hybridized carbons (Fsp3) is 0.741. The van der Waals surface area contributed by atoms with Crippen molar-refractivity contribution >= 4 is 39.6 Å². The number of hydrogen-bond donors (Lipinski definition) is 3. The molecule has 1 aliphatic heterocycles. The van der Waals surface area contributed by atoms with E-state index < -0.39 is 62.3 Å². The maximum absolute atomic E-state index is 13.6. The predicted octanol–water partition coefficient (Wildman–Crippen LogP) is 1.69. The van der Waals surface area contributed by atoms with E-state index in [1.807, 2.05) is 6.92 Å². The predicted molar refractivity (Wildman–Crippen MR) is 146 cm³/mol. The Hall–Kier alpha value is -2.96. The minimum absolute atomic E-state index is 0.215. The van der Waals surface area contributed by atoms with Gasteiger partial charge >= 0.3 is 6.09 Å². The van der Waals surface area contributed by atoms with E-state index in [4.69, 9.17) is 4.74 Å². The van der Waals surface area contributed by atoms with Gasteiger partial charge in [-0.2, -0.15) is 0 Å². The zero-order valence-electron chi connectivity index (χ0n) is 24.2. The molecule has 0 aromatic rings. The minimum Gasteiger partial charge on any atom is -0.444 e. The van der Waals surface area contributed by atoms with Crippen molar-refractivity contribution in [3.05, 3.63) is 11.6 Å². The smallest absolute Gasteiger partial charge is 0.408 e. The minimum atomic E-state index is -3.80. The van der Waals surface area contributed by atoms with Crippen molar-refractivity contribution in [2.45, 2.75) is 115 Å². The van der Waals surface area contributed by atoms with Crippen LogP contribution < -0.4 is 15.4 Å². The number of nitrogens with one attached hydrogen (secondary N) is 3. The van der Waals surface area contributed by atoms with Gasteiger partial charge in [0.05, 0.1) is 5.25 Å². The Balaban J connectivity index is 1.76. The number of sulfonamides is 1. The highest BCUT2D eigenvalue weighted by Gasteiger charge is 2.62. The van der Waals surface area contributed by atoms with E-state index in [0.717, 1.165) is 5.57 Å². The van der Waals surface area contributed by atoms with E-state index in [9.17, 15) is 32.4 Å². The summed E-state index contributed by atoms with van der Waals surface area (Å²) in [6.45, 7) is 10.5. The molecule has 3 fully saturated rings. The number of hydrogen-bond acceptors (Lipinski definition) is 8. The number of nitrogens with zero attached hydrogens (tertiary/aromatic N) is 1. The zero-order valence-corrected chi connectivity index (χ0v) is 25.0. The normalized spacial score (nSPS) is 24.9. The van der Waals surface area contributed by atoms with Crippen LogP contribution in [0, 0.1) is 5.92 Å². The molecule has 1 heterocycles. The molecule has 12 nitrogen and oxygen atoms in total. The number of rotatable bonds is 11. The molecular formula is C27H42N4O8S. The first-order valence-corrected chi connectivity index (χ1v) is 15.4. The largest absolute Gasteiger partial charge is 0.444 e. The molecule has 1 saturated heterocycles. The summed E-state index contributed by atoms with van der Waals surface area (Å²) in [5, 5.41) is 4.65. The molecule has 0 aromatic heterocycles. The number of likely N-dealkylation sites (tertiary alicyclic amines) is 1. The summed E-state index contributed by atoms with van der Waals surface area (Å²) in [6, 6.07) is -2.21. The summed E-state index contributed by atoms with van der Waals surface area (Å²) >= 11 is 0. The summed E-state index contributed by atoms with van der Waals surface area (Å²) in [5.41, 5.74) is -1.47. The van der Waals surface area contributed by atoms with Gasteiger partial charge in [-0.1, -0.05) is 18.9 Å². The van der Waals surface area contributed by atoms with Crippen molar-refractivity contribution in [2.75, 3.05) is 6.54 Å². The van der Waals surface area contributed by atoms with Crippen LogP contribution in [0.25, 0.3) is 0 Å². The average Bonchev–Trinajstić information content (AvgIpc) is 3.72. The van der Waals surface area contributed by atoms with Gasteiger partial charge in [0.15, 0.2) is 5.78 Å². The summed E-state index contributed by atoms with van der Waals surface area (Å²) in [4.78, 5) is 66.6. The van der Waals surface area contributed by atoms with Gasteiger partial charge in [-0.3, -0.25) is 23.9 Å². The first kappa shape index (κ1) is 31.6. The highest BCUT2D eigenvalue weighted by atomic mass is 32.2. The number of allylic oxidation sites excluding steroid dienone is 2.